The van der Waals surface area contributed by atoms with Crippen molar-refractivity contribution >= 4 is 34.1 Å². The highest BCUT2D eigenvalue weighted by molar-refractivity contribution is 6.02. The second kappa shape index (κ2) is 7.07. The van der Waals surface area contributed by atoms with Crippen molar-refractivity contribution in [2.45, 2.75) is 12.5 Å². The summed E-state index contributed by atoms with van der Waals surface area (Å²) >= 11 is 0. The zero-order valence-corrected chi connectivity index (χ0v) is 14.5. The molecule has 0 radical (unpaired) electrons. The number of urea groups is 1. The summed E-state index contributed by atoms with van der Waals surface area (Å²) in [6.45, 7) is 0.311. The number of hydrogen-bond acceptors (Lipinski definition) is 2. The van der Waals surface area contributed by atoms with Crippen molar-refractivity contribution in [3.8, 4) is 0 Å². The molecule has 0 aromatic heterocycles. The highest BCUT2D eigenvalue weighted by Gasteiger charge is 2.31. The predicted molar refractivity (Wildman–Crippen MR) is 103 cm³/mol. The lowest BCUT2D eigenvalue weighted by molar-refractivity contribution is -0.117. The molecule has 1 saturated heterocycles. The second-order valence-corrected chi connectivity index (χ2v) is 6.51. The minimum Gasteiger partial charge on any atom is -0.333 e. The monoisotopic (exact) mass is 363 g/mol. The Morgan fingerprint density at radius 1 is 1.04 bits per heavy atom. The number of halogens is 1. The zero-order chi connectivity index (χ0) is 18.8. The Kier molecular flexibility index (Phi) is 4.46. The molecule has 1 heterocycles. The lowest BCUT2D eigenvalue weighted by Gasteiger charge is -2.17. The molecule has 0 saturated carbocycles. The summed E-state index contributed by atoms with van der Waals surface area (Å²) in [6.07, 6.45) is 0.180. The maximum Gasteiger partial charge on any atom is 0.319 e. The summed E-state index contributed by atoms with van der Waals surface area (Å²) in [6, 6.07) is 18.6. The number of nitrogens with zero attached hydrogens (tertiary/aromatic N) is 1. The van der Waals surface area contributed by atoms with E-state index in [0.29, 0.717) is 17.9 Å². The van der Waals surface area contributed by atoms with Crippen LogP contribution >= 0.6 is 0 Å². The molecule has 0 spiro atoms. The Morgan fingerprint density at radius 2 is 1.81 bits per heavy atom. The van der Waals surface area contributed by atoms with E-state index in [1.54, 1.807) is 12.1 Å². The number of hydrogen-bond donors (Lipinski definition) is 2. The van der Waals surface area contributed by atoms with Crippen LogP contribution in [0.1, 0.15) is 6.42 Å². The van der Waals surface area contributed by atoms with Crippen LogP contribution in [0.25, 0.3) is 10.8 Å². The lowest BCUT2D eigenvalue weighted by Crippen LogP contribution is -2.39. The number of rotatable bonds is 3. The summed E-state index contributed by atoms with van der Waals surface area (Å²) in [4.78, 5) is 26.1. The van der Waals surface area contributed by atoms with Crippen molar-refractivity contribution in [3.63, 3.8) is 0 Å². The molecule has 0 bridgehead atoms. The Bertz CT molecular complexity index is 1020. The molecule has 1 fully saturated rings. The van der Waals surface area contributed by atoms with Gasteiger partial charge in [0.05, 0.1) is 11.7 Å². The number of fused-ring (bicyclic) bond motifs is 1. The van der Waals surface area contributed by atoms with Gasteiger partial charge in [-0.2, -0.15) is 0 Å². The first kappa shape index (κ1) is 17.0. The normalized spacial score (nSPS) is 16.6. The van der Waals surface area contributed by atoms with Gasteiger partial charge in [0.25, 0.3) is 0 Å². The number of carbonyl (C=O) groups is 2. The Morgan fingerprint density at radius 3 is 2.67 bits per heavy atom. The van der Waals surface area contributed by atoms with Crippen LogP contribution in [-0.4, -0.2) is 24.5 Å². The molecule has 2 N–H and O–H groups in total. The van der Waals surface area contributed by atoms with Crippen LogP contribution in [0.5, 0.6) is 0 Å². The van der Waals surface area contributed by atoms with Gasteiger partial charge in [-0.3, -0.25) is 4.79 Å². The molecule has 1 aliphatic heterocycles. The maximum atomic E-state index is 13.4. The topological polar surface area (TPSA) is 61.4 Å². The van der Waals surface area contributed by atoms with Gasteiger partial charge in [0.2, 0.25) is 5.91 Å². The first-order chi connectivity index (χ1) is 13.1. The van der Waals surface area contributed by atoms with Crippen molar-refractivity contribution in [2.75, 3.05) is 16.8 Å². The Balaban J connectivity index is 1.44. The maximum absolute atomic E-state index is 13.4. The number of carbonyl (C=O) groups excluding carboxylic acids is 2. The fourth-order valence-electron chi connectivity index (χ4n) is 3.38. The van der Waals surface area contributed by atoms with Crippen LogP contribution in [0.3, 0.4) is 0 Å². The fraction of sp³-hybridized carbons (Fsp3) is 0.143. The molecule has 1 atom stereocenters. The van der Waals surface area contributed by atoms with Crippen LogP contribution in [0.15, 0.2) is 66.7 Å². The van der Waals surface area contributed by atoms with Gasteiger partial charge >= 0.3 is 6.03 Å². The Labute approximate surface area is 155 Å². The van der Waals surface area contributed by atoms with E-state index in [-0.39, 0.29) is 24.4 Å². The standard InChI is InChI=1S/C21H18FN3O2/c22-15-7-4-8-17(11-15)25-13-16(12-20(25)26)23-21(27)24-19-10-3-6-14-5-1-2-9-18(14)19/h1-11,16H,12-13H2,(H2,23,24,27). The minimum atomic E-state index is -0.398. The second-order valence-electron chi connectivity index (χ2n) is 6.51. The summed E-state index contributed by atoms with van der Waals surface area (Å²) in [5.74, 6) is -0.540. The number of benzene rings is 3. The van der Waals surface area contributed by atoms with Crippen LogP contribution in [0.4, 0.5) is 20.6 Å². The van der Waals surface area contributed by atoms with Crippen LogP contribution in [0, 0.1) is 5.82 Å². The molecule has 1 aliphatic rings. The van der Waals surface area contributed by atoms with Gasteiger partial charge < -0.3 is 15.5 Å². The zero-order valence-electron chi connectivity index (χ0n) is 14.5. The predicted octanol–water partition coefficient (Wildman–Crippen LogP) is 3.91. The Hall–Kier alpha value is -3.41. The van der Waals surface area contributed by atoms with Crippen LogP contribution in [-0.2, 0) is 4.79 Å². The molecule has 6 heteroatoms. The van der Waals surface area contributed by atoms with Crippen molar-refractivity contribution in [1.82, 2.24) is 5.32 Å². The number of nitrogens with one attached hydrogen (secondary N) is 2. The van der Waals surface area contributed by atoms with Gasteiger partial charge in [-0.05, 0) is 29.7 Å². The van der Waals surface area contributed by atoms with Crippen molar-refractivity contribution in [3.05, 3.63) is 72.5 Å². The van der Waals surface area contributed by atoms with E-state index < -0.39 is 5.82 Å². The van der Waals surface area contributed by atoms with Crippen molar-refractivity contribution in [2.24, 2.45) is 0 Å². The highest BCUT2D eigenvalue weighted by Crippen LogP contribution is 2.24. The lowest BCUT2D eigenvalue weighted by atomic mass is 10.1. The molecule has 3 aromatic carbocycles. The van der Waals surface area contributed by atoms with Gasteiger partial charge in [0.15, 0.2) is 0 Å². The first-order valence-electron chi connectivity index (χ1n) is 8.71. The summed E-state index contributed by atoms with van der Waals surface area (Å²) in [5.41, 5.74) is 1.20. The van der Waals surface area contributed by atoms with E-state index in [0.717, 1.165) is 10.8 Å². The van der Waals surface area contributed by atoms with E-state index in [1.165, 1.54) is 17.0 Å². The molecule has 3 aromatic rings. The van der Waals surface area contributed by atoms with Crippen LogP contribution < -0.4 is 15.5 Å². The summed E-state index contributed by atoms with van der Waals surface area (Å²) < 4.78 is 13.4. The van der Waals surface area contributed by atoms with Crippen LogP contribution in [0.2, 0.25) is 0 Å². The molecule has 136 valence electrons. The van der Waals surface area contributed by atoms with Gasteiger partial charge in [0, 0.05) is 24.0 Å². The third-order valence-electron chi connectivity index (χ3n) is 4.62. The smallest absolute Gasteiger partial charge is 0.319 e. The van der Waals surface area contributed by atoms with E-state index in [2.05, 4.69) is 10.6 Å². The molecule has 5 nitrogen and oxygen atoms in total. The molecule has 0 aliphatic carbocycles. The van der Waals surface area contributed by atoms with Crippen molar-refractivity contribution in [1.29, 1.82) is 0 Å². The summed E-state index contributed by atoms with van der Waals surface area (Å²) in [7, 11) is 0. The van der Waals surface area contributed by atoms with E-state index in [1.807, 2.05) is 42.5 Å². The van der Waals surface area contributed by atoms with E-state index in [4.69, 9.17) is 0 Å². The fourth-order valence-corrected chi connectivity index (χ4v) is 3.38. The summed E-state index contributed by atoms with van der Waals surface area (Å²) in [5, 5.41) is 7.66. The van der Waals surface area contributed by atoms with E-state index >= 15 is 0 Å². The number of amides is 3. The van der Waals surface area contributed by atoms with Crippen molar-refractivity contribution < 1.29 is 14.0 Å². The van der Waals surface area contributed by atoms with Gasteiger partial charge in [-0.1, -0.05) is 42.5 Å². The third-order valence-corrected chi connectivity index (χ3v) is 4.62. The molecule has 27 heavy (non-hydrogen) atoms. The van der Waals surface area contributed by atoms with E-state index in [9.17, 15) is 14.0 Å². The van der Waals surface area contributed by atoms with Gasteiger partial charge in [0.1, 0.15) is 5.82 Å². The largest absolute Gasteiger partial charge is 0.333 e. The highest BCUT2D eigenvalue weighted by atomic mass is 19.1. The minimum absolute atomic E-state index is 0.143. The number of anilines is 2. The quantitative estimate of drug-likeness (QED) is 0.741. The average Bonchev–Trinajstić information content (AvgIpc) is 3.02. The molecule has 3 amide bonds. The molecule has 4 rings (SSSR count). The van der Waals surface area contributed by atoms with Gasteiger partial charge in [-0.25, -0.2) is 9.18 Å². The molecular weight excluding hydrogens is 345 g/mol. The average molecular weight is 363 g/mol. The SMILES string of the molecule is O=C(Nc1cccc2ccccc12)NC1CC(=O)N(c2cccc(F)c2)C1. The molecular formula is C21H18FN3O2. The first-order valence-corrected chi connectivity index (χ1v) is 8.71. The van der Waals surface area contributed by atoms with Gasteiger partial charge in [-0.15, -0.1) is 0 Å². The third kappa shape index (κ3) is 3.60. The molecule has 1 unspecified atom stereocenters.